The second kappa shape index (κ2) is 6.88. The Labute approximate surface area is 168 Å². The Morgan fingerprint density at radius 1 is 1.25 bits per heavy atom. The van der Waals surface area contributed by atoms with E-state index in [1.54, 1.807) is 44.2 Å². The first-order chi connectivity index (χ1) is 13.4. The van der Waals surface area contributed by atoms with Crippen molar-refractivity contribution in [2.45, 2.75) is 19.9 Å². The maximum Gasteiger partial charge on any atom is 0.301 e. The minimum absolute atomic E-state index is 0.0357. The average Bonchev–Trinajstić information content (AvgIpc) is 3.35. The van der Waals surface area contributed by atoms with Gasteiger partial charge in [0, 0.05) is 5.02 Å². The van der Waals surface area contributed by atoms with Crippen molar-refractivity contribution < 1.29 is 19.1 Å². The number of aryl methyl sites for hydroxylation is 2. The van der Waals surface area contributed by atoms with E-state index in [1.165, 1.54) is 10.4 Å². The average molecular weight is 416 g/mol. The van der Waals surface area contributed by atoms with Crippen LogP contribution in [0.4, 0.5) is 5.13 Å². The van der Waals surface area contributed by atoms with E-state index in [0.29, 0.717) is 27.7 Å². The summed E-state index contributed by atoms with van der Waals surface area (Å²) in [5.41, 5.74) is 2.41. The predicted octanol–water partition coefficient (Wildman–Crippen LogP) is 4.03. The summed E-state index contributed by atoms with van der Waals surface area (Å²) in [6.07, 6.45) is 0. The number of carbonyl (C=O) groups is 2. The quantitative estimate of drug-likeness (QED) is 0.394. The third kappa shape index (κ3) is 2.90. The van der Waals surface area contributed by atoms with Gasteiger partial charge in [-0.1, -0.05) is 35.1 Å². The predicted molar refractivity (Wildman–Crippen MR) is 104 cm³/mol. The third-order valence-electron chi connectivity index (χ3n) is 4.48. The molecular weight excluding hydrogens is 402 g/mol. The fraction of sp³-hybridized carbons (Fsp3) is 0.158. The van der Waals surface area contributed by atoms with Crippen LogP contribution in [0.5, 0.6) is 0 Å². The SMILES string of the molecule is Cc1cc(C(O)=C2C(=O)C(=O)N(c3nncs3)C2c2ccc(Cl)cc2)c(C)o1. The molecule has 1 aromatic carbocycles. The summed E-state index contributed by atoms with van der Waals surface area (Å²) in [6.45, 7) is 3.42. The smallest absolute Gasteiger partial charge is 0.301 e. The normalized spacial score (nSPS) is 18.8. The molecule has 7 nitrogen and oxygen atoms in total. The summed E-state index contributed by atoms with van der Waals surface area (Å²) < 4.78 is 5.47. The number of aromatic nitrogens is 2. The number of furan rings is 1. The van der Waals surface area contributed by atoms with E-state index in [0.717, 1.165) is 11.3 Å². The van der Waals surface area contributed by atoms with Gasteiger partial charge in [0.15, 0.2) is 0 Å². The van der Waals surface area contributed by atoms with Crippen LogP contribution >= 0.6 is 22.9 Å². The molecule has 0 saturated carbocycles. The number of halogens is 1. The van der Waals surface area contributed by atoms with Gasteiger partial charge in [0.25, 0.3) is 5.78 Å². The molecule has 0 spiro atoms. The minimum atomic E-state index is -0.861. The summed E-state index contributed by atoms with van der Waals surface area (Å²) in [5, 5.41) is 19.4. The first-order valence-electron chi connectivity index (χ1n) is 8.28. The topological polar surface area (TPSA) is 96.5 Å². The summed E-state index contributed by atoms with van der Waals surface area (Å²) in [5.74, 6) is -0.839. The Hall–Kier alpha value is -2.97. The van der Waals surface area contributed by atoms with E-state index in [2.05, 4.69) is 10.2 Å². The zero-order chi connectivity index (χ0) is 20.0. The molecule has 2 aromatic heterocycles. The van der Waals surface area contributed by atoms with Gasteiger partial charge in [0.2, 0.25) is 5.13 Å². The highest BCUT2D eigenvalue weighted by Gasteiger charge is 2.48. The molecule has 3 aromatic rings. The molecule has 1 amide bonds. The molecule has 1 atom stereocenters. The van der Waals surface area contributed by atoms with E-state index in [1.807, 2.05) is 0 Å². The maximum atomic E-state index is 12.9. The van der Waals surface area contributed by atoms with Crippen molar-refractivity contribution in [3.8, 4) is 0 Å². The van der Waals surface area contributed by atoms with Crippen molar-refractivity contribution in [2.75, 3.05) is 4.90 Å². The van der Waals surface area contributed by atoms with Crippen LogP contribution in [0.15, 0.2) is 45.8 Å². The van der Waals surface area contributed by atoms with Crippen molar-refractivity contribution in [1.29, 1.82) is 0 Å². The van der Waals surface area contributed by atoms with Crippen LogP contribution in [-0.4, -0.2) is 27.0 Å². The monoisotopic (exact) mass is 415 g/mol. The summed E-state index contributed by atoms with van der Waals surface area (Å²) in [7, 11) is 0. The number of hydrogen-bond donors (Lipinski definition) is 1. The zero-order valence-corrected chi connectivity index (χ0v) is 16.4. The lowest BCUT2D eigenvalue weighted by Crippen LogP contribution is -2.29. The first kappa shape index (κ1) is 18.4. The van der Waals surface area contributed by atoms with Crippen LogP contribution in [0.2, 0.25) is 5.02 Å². The van der Waals surface area contributed by atoms with Crippen molar-refractivity contribution in [3.05, 3.63) is 69.1 Å². The number of Topliss-reactive ketones (excluding diaryl/α,β-unsaturated/α-hetero) is 1. The number of aliphatic hydroxyl groups excluding tert-OH is 1. The lowest BCUT2D eigenvalue weighted by Gasteiger charge is -2.22. The van der Waals surface area contributed by atoms with E-state index < -0.39 is 17.7 Å². The van der Waals surface area contributed by atoms with E-state index in [9.17, 15) is 14.7 Å². The van der Waals surface area contributed by atoms with Crippen molar-refractivity contribution in [3.63, 3.8) is 0 Å². The number of ketones is 1. The van der Waals surface area contributed by atoms with E-state index in [4.69, 9.17) is 16.0 Å². The Balaban J connectivity index is 1.96. The number of amides is 1. The van der Waals surface area contributed by atoms with Crippen molar-refractivity contribution >= 4 is 45.5 Å². The van der Waals surface area contributed by atoms with Gasteiger partial charge < -0.3 is 9.52 Å². The molecule has 28 heavy (non-hydrogen) atoms. The van der Waals surface area contributed by atoms with Crippen LogP contribution in [0.3, 0.4) is 0 Å². The second-order valence-corrected chi connectivity index (χ2v) is 7.52. The lowest BCUT2D eigenvalue weighted by atomic mass is 9.95. The maximum absolute atomic E-state index is 12.9. The summed E-state index contributed by atoms with van der Waals surface area (Å²) in [6, 6.07) is 7.48. The molecule has 1 N–H and O–H groups in total. The molecule has 1 aliphatic rings. The first-order valence-corrected chi connectivity index (χ1v) is 9.54. The third-order valence-corrected chi connectivity index (χ3v) is 5.42. The molecule has 0 aliphatic carbocycles. The highest BCUT2D eigenvalue weighted by Crippen LogP contribution is 2.43. The second-order valence-electron chi connectivity index (χ2n) is 6.27. The molecule has 3 heterocycles. The Kier molecular flexibility index (Phi) is 4.52. The molecule has 9 heteroatoms. The summed E-state index contributed by atoms with van der Waals surface area (Å²) >= 11 is 7.11. The van der Waals surface area contributed by atoms with Crippen LogP contribution < -0.4 is 4.90 Å². The van der Waals surface area contributed by atoms with Crippen LogP contribution in [0, 0.1) is 13.8 Å². The van der Waals surface area contributed by atoms with Gasteiger partial charge in [0.05, 0.1) is 17.2 Å². The standard InChI is InChI=1S/C19H14ClN3O4S/c1-9-7-13(10(2)27-9)16(24)14-15(11-3-5-12(20)6-4-11)23(18(26)17(14)25)19-22-21-8-28-19/h3-8,15,24H,1-2H3. The molecule has 142 valence electrons. The molecule has 1 unspecified atom stereocenters. The Morgan fingerprint density at radius 3 is 2.54 bits per heavy atom. The van der Waals surface area contributed by atoms with Gasteiger partial charge >= 0.3 is 5.91 Å². The number of rotatable bonds is 3. The highest BCUT2D eigenvalue weighted by molar-refractivity contribution is 7.13. The molecule has 1 fully saturated rings. The Bertz CT molecular complexity index is 1100. The summed E-state index contributed by atoms with van der Waals surface area (Å²) in [4.78, 5) is 26.9. The van der Waals surface area contributed by atoms with E-state index in [-0.39, 0.29) is 16.5 Å². The molecular formula is C19H14ClN3O4S. The number of hydrogen-bond acceptors (Lipinski definition) is 7. The number of carbonyl (C=O) groups excluding carboxylic acids is 2. The largest absolute Gasteiger partial charge is 0.507 e. The van der Waals surface area contributed by atoms with Crippen LogP contribution in [0.1, 0.15) is 28.7 Å². The number of anilines is 1. The molecule has 4 rings (SSSR count). The van der Waals surface area contributed by atoms with Gasteiger partial charge in [-0.15, -0.1) is 10.2 Å². The van der Waals surface area contributed by atoms with Crippen LogP contribution in [-0.2, 0) is 9.59 Å². The van der Waals surface area contributed by atoms with Gasteiger partial charge in [-0.25, -0.2) is 0 Å². The van der Waals surface area contributed by atoms with Gasteiger partial charge in [-0.05, 0) is 37.6 Å². The van der Waals surface area contributed by atoms with Crippen molar-refractivity contribution in [1.82, 2.24) is 10.2 Å². The number of benzene rings is 1. The van der Waals surface area contributed by atoms with Gasteiger partial charge in [0.1, 0.15) is 22.8 Å². The minimum Gasteiger partial charge on any atom is -0.507 e. The van der Waals surface area contributed by atoms with E-state index >= 15 is 0 Å². The fourth-order valence-corrected chi connectivity index (χ4v) is 3.98. The van der Waals surface area contributed by atoms with Gasteiger partial charge in [-0.3, -0.25) is 14.5 Å². The van der Waals surface area contributed by atoms with Crippen LogP contribution in [0.25, 0.3) is 5.76 Å². The Morgan fingerprint density at radius 2 is 1.96 bits per heavy atom. The highest BCUT2D eigenvalue weighted by atomic mass is 35.5. The molecule has 0 radical (unpaired) electrons. The van der Waals surface area contributed by atoms with Gasteiger partial charge in [-0.2, -0.15) is 0 Å². The fourth-order valence-electron chi connectivity index (χ4n) is 3.27. The molecule has 0 bridgehead atoms. The van der Waals surface area contributed by atoms with Crippen molar-refractivity contribution in [2.24, 2.45) is 0 Å². The molecule has 1 saturated heterocycles. The lowest BCUT2D eigenvalue weighted by molar-refractivity contribution is -0.132. The zero-order valence-electron chi connectivity index (χ0n) is 14.8. The number of aliphatic hydroxyl groups is 1. The molecule has 1 aliphatic heterocycles. The number of nitrogens with zero attached hydrogens (tertiary/aromatic N) is 3.